The number of pyridine rings is 1. The van der Waals surface area contributed by atoms with Gasteiger partial charge in [-0.3, -0.25) is 4.79 Å². The first-order valence-electron chi connectivity index (χ1n) is 8.11. The van der Waals surface area contributed by atoms with E-state index in [0.717, 1.165) is 16.6 Å². The Morgan fingerprint density at radius 2 is 2.04 bits per heavy atom. The molecule has 2 heterocycles. The molecule has 0 aliphatic rings. The number of nitrogens with zero attached hydrogens (tertiary/aromatic N) is 4. The quantitative estimate of drug-likeness (QED) is 0.790. The van der Waals surface area contributed by atoms with E-state index >= 15 is 0 Å². The molecule has 0 aliphatic carbocycles. The Labute approximate surface area is 146 Å². The van der Waals surface area contributed by atoms with Gasteiger partial charge >= 0.3 is 0 Å². The summed E-state index contributed by atoms with van der Waals surface area (Å²) < 4.78 is 1.85. The van der Waals surface area contributed by atoms with Gasteiger partial charge in [-0.2, -0.15) is 10.4 Å². The summed E-state index contributed by atoms with van der Waals surface area (Å²) in [6.45, 7) is 5.90. The highest BCUT2D eigenvalue weighted by molar-refractivity contribution is 6.06. The van der Waals surface area contributed by atoms with Crippen molar-refractivity contribution < 1.29 is 4.79 Å². The van der Waals surface area contributed by atoms with Gasteiger partial charge in [-0.15, -0.1) is 0 Å². The molecule has 6 nitrogen and oxygen atoms in total. The molecule has 25 heavy (non-hydrogen) atoms. The minimum absolute atomic E-state index is 0.205. The first-order chi connectivity index (χ1) is 12.0. The zero-order valence-electron chi connectivity index (χ0n) is 14.4. The van der Waals surface area contributed by atoms with E-state index in [-0.39, 0.29) is 11.9 Å². The van der Waals surface area contributed by atoms with Gasteiger partial charge in [-0.25, -0.2) is 9.67 Å². The molecule has 1 aromatic carbocycles. The van der Waals surface area contributed by atoms with E-state index in [1.54, 1.807) is 18.3 Å². The summed E-state index contributed by atoms with van der Waals surface area (Å²) in [7, 11) is 0. The average Bonchev–Trinajstić information content (AvgIpc) is 2.99. The van der Waals surface area contributed by atoms with Gasteiger partial charge in [0.1, 0.15) is 0 Å². The molecule has 0 atom stereocenters. The monoisotopic (exact) mass is 333 g/mol. The van der Waals surface area contributed by atoms with Crippen LogP contribution in [0.2, 0.25) is 0 Å². The fourth-order valence-corrected chi connectivity index (χ4v) is 2.67. The van der Waals surface area contributed by atoms with Gasteiger partial charge in [0.15, 0.2) is 5.65 Å². The lowest BCUT2D eigenvalue weighted by Gasteiger charge is -2.10. The van der Waals surface area contributed by atoms with E-state index in [0.29, 0.717) is 23.4 Å². The molecule has 0 unspecified atom stereocenters. The summed E-state index contributed by atoms with van der Waals surface area (Å²) in [5.74, 6) is -0.211. The van der Waals surface area contributed by atoms with Gasteiger partial charge in [-0.05, 0) is 44.5 Å². The van der Waals surface area contributed by atoms with E-state index < -0.39 is 0 Å². The third-order valence-electron chi connectivity index (χ3n) is 3.99. The van der Waals surface area contributed by atoms with Crippen molar-refractivity contribution in [2.24, 2.45) is 0 Å². The van der Waals surface area contributed by atoms with E-state index in [4.69, 9.17) is 5.26 Å². The second-order valence-electron chi connectivity index (χ2n) is 6.20. The number of aromatic nitrogens is 3. The van der Waals surface area contributed by atoms with Crippen molar-refractivity contribution in [3.05, 3.63) is 53.3 Å². The molecule has 0 saturated heterocycles. The number of amides is 1. The van der Waals surface area contributed by atoms with Gasteiger partial charge in [0.05, 0.1) is 29.9 Å². The standard InChI is InChI=1S/C19H19N5O/c1-12(2)24-18-15(11-21-24)10-17(13(3)22-18)19(25)23-16-6-4-14(5-7-16)8-9-20/h4-7,10-12H,8H2,1-3H3,(H,23,25). The smallest absolute Gasteiger partial charge is 0.257 e. The number of fused-ring (bicyclic) bond motifs is 1. The Kier molecular flexibility index (Phi) is 4.48. The molecule has 0 spiro atoms. The SMILES string of the molecule is Cc1nc2c(cnn2C(C)C)cc1C(=O)Nc1ccc(CC#N)cc1. The van der Waals surface area contributed by atoms with Crippen LogP contribution in [-0.2, 0) is 6.42 Å². The van der Waals surface area contributed by atoms with Crippen LogP contribution in [0, 0.1) is 18.3 Å². The second-order valence-corrected chi connectivity index (χ2v) is 6.20. The van der Waals surface area contributed by atoms with Crippen LogP contribution in [0.5, 0.6) is 0 Å². The molecular weight excluding hydrogens is 314 g/mol. The molecule has 0 aliphatic heterocycles. The molecule has 1 N–H and O–H groups in total. The first kappa shape index (κ1) is 16.7. The largest absolute Gasteiger partial charge is 0.322 e. The van der Waals surface area contributed by atoms with Crippen molar-refractivity contribution >= 4 is 22.6 Å². The number of carbonyl (C=O) groups excluding carboxylic acids is 1. The van der Waals surface area contributed by atoms with Gasteiger partial charge < -0.3 is 5.32 Å². The molecule has 0 radical (unpaired) electrons. The zero-order valence-corrected chi connectivity index (χ0v) is 14.4. The second kappa shape index (κ2) is 6.73. The summed E-state index contributed by atoms with van der Waals surface area (Å²) in [5.41, 5.74) is 3.57. The van der Waals surface area contributed by atoms with Crippen molar-refractivity contribution in [3.8, 4) is 6.07 Å². The number of hydrogen-bond acceptors (Lipinski definition) is 4. The molecule has 0 saturated carbocycles. The fraction of sp³-hybridized carbons (Fsp3) is 0.263. The van der Waals surface area contributed by atoms with Gasteiger partial charge in [-0.1, -0.05) is 12.1 Å². The molecule has 0 bridgehead atoms. The fourth-order valence-electron chi connectivity index (χ4n) is 2.67. The number of nitrogens with one attached hydrogen (secondary N) is 1. The van der Waals surface area contributed by atoms with Gasteiger partial charge in [0, 0.05) is 17.1 Å². The molecule has 0 fully saturated rings. The molecular formula is C19H19N5O. The van der Waals surface area contributed by atoms with Crippen LogP contribution in [0.15, 0.2) is 36.5 Å². The Balaban J connectivity index is 1.87. The van der Waals surface area contributed by atoms with Crippen LogP contribution in [0.3, 0.4) is 0 Å². The van der Waals surface area contributed by atoms with Crippen LogP contribution in [0.4, 0.5) is 5.69 Å². The van der Waals surface area contributed by atoms with Crippen molar-refractivity contribution in [2.75, 3.05) is 5.32 Å². The molecule has 6 heteroatoms. The van der Waals surface area contributed by atoms with E-state index in [1.807, 2.05) is 43.7 Å². The van der Waals surface area contributed by atoms with Crippen LogP contribution in [0.1, 0.15) is 41.5 Å². The maximum absolute atomic E-state index is 12.6. The maximum Gasteiger partial charge on any atom is 0.257 e. The predicted molar refractivity (Wildman–Crippen MR) is 96.4 cm³/mol. The Morgan fingerprint density at radius 1 is 1.32 bits per heavy atom. The number of hydrogen-bond donors (Lipinski definition) is 1. The summed E-state index contributed by atoms with van der Waals surface area (Å²) >= 11 is 0. The highest BCUT2D eigenvalue weighted by atomic mass is 16.1. The van der Waals surface area contributed by atoms with E-state index in [2.05, 4.69) is 21.5 Å². The molecule has 3 aromatic rings. The van der Waals surface area contributed by atoms with Crippen molar-refractivity contribution in [1.82, 2.24) is 14.8 Å². The van der Waals surface area contributed by atoms with E-state index in [9.17, 15) is 4.79 Å². The van der Waals surface area contributed by atoms with Crippen molar-refractivity contribution in [2.45, 2.75) is 33.2 Å². The van der Waals surface area contributed by atoms with Crippen molar-refractivity contribution in [1.29, 1.82) is 5.26 Å². The number of aryl methyl sites for hydroxylation is 1. The first-order valence-corrected chi connectivity index (χ1v) is 8.11. The number of rotatable bonds is 4. The number of benzene rings is 1. The summed E-state index contributed by atoms with van der Waals surface area (Å²) in [5, 5.41) is 16.8. The number of carbonyl (C=O) groups is 1. The summed E-state index contributed by atoms with van der Waals surface area (Å²) in [6.07, 6.45) is 2.09. The summed E-state index contributed by atoms with van der Waals surface area (Å²) in [4.78, 5) is 17.2. The van der Waals surface area contributed by atoms with Crippen LogP contribution >= 0.6 is 0 Å². The minimum Gasteiger partial charge on any atom is -0.322 e. The number of nitriles is 1. The highest BCUT2D eigenvalue weighted by Crippen LogP contribution is 2.20. The maximum atomic E-state index is 12.6. The third kappa shape index (κ3) is 3.36. The lowest BCUT2D eigenvalue weighted by atomic mass is 10.1. The molecule has 3 rings (SSSR count). The Morgan fingerprint density at radius 3 is 2.68 bits per heavy atom. The predicted octanol–water partition coefficient (Wildman–Crippen LogP) is 3.64. The van der Waals surface area contributed by atoms with Gasteiger partial charge in [0.25, 0.3) is 5.91 Å². The topological polar surface area (TPSA) is 83.6 Å². The van der Waals surface area contributed by atoms with Crippen molar-refractivity contribution in [3.63, 3.8) is 0 Å². The minimum atomic E-state index is -0.211. The third-order valence-corrected chi connectivity index (χ3v) is 3.99. The zero-order chi connectivity index (χ0) is 18.0. The van der Waals surface area contributed by atoms with Crippen LogP contribution in [-0.4, -0.2) is 20.7 Å². The average molecular weight is 333 g/mol. The molecule has 126 valence electrons. The molecule has 2 aromatic heterocycles. The lowest BCUT2D eigenvalue weighted by molar-refractivity contribution is 0.102. The normalized spacial score (nSPS) is 10.8. The Bertz CT molecular complexity index is 964. The van der Waals surface area contributed by atoms with Gasteiger partial charge in [0.2, 0.25) is 0 Å². The lowest BCUT2D eigenvalue weighted by Crippen LogP contribution is -2.14. The molecule has 1 amide bonds. The summed E-state index contributed by atoms with van der Waals surface area (Å²) in [6, 6.07) is 11.4. The van der Waals surface area contributed by atoms with Crippen LogP contribution < -0.4 is 5.32 Å². The Hall–Kier alpha value is -3.20. The highest BCUT2D eigenvalue weighted by Gasteiger charge is 2.15. The number of anilines is 1. The van der Waals surface area contributed by atoms with E-state index in [1.165, 1.54) is 0 Å². The van der Waals surface area contributed by atoms with Crippen LogP contribution in [0.25, 0.3) is 11.0 Å².